The summed E-state index contributed by atoms with van der Waals surface area (Å²) in [5.41, 5.74) is 2.59. The summed E-state index contributed by atoms with van der Waals surface area (Å²) in [4.78, 5) is 0. The van der Waals surface area contributed by atoms with Gasteiger partial charge in [0.15, 0.2) is 0 Å². The molecule has 0 aliphatic rings. The van der Waals surface area contributed by atoms with Gasteiger partial charge < -0.3 is 0 Å². The number of benzene rings is 1. The molecule has 0 aliphatic heterocycles. The molecule has 0 unspecified atom stereocenters. The van der Waals surface area contributed by atoms with Crippen LogP contribution in [0.5, 0.6) is 0 Å². The van der Waals surface area contributed by atoms with E-state index in [9.17, 15) is 0 Å². The van der Waals surface area contributed by atoms with Crippen LogP contribution in [0.4, 0.5) is 0 Å². The summed E-state index contributed by atoms with van der Waals surface area (Å²) in [6.45, 7) is 6.58. The van der Waals surface area contributed by atoms with Crippen molar-refractivity contribution in [2.24, 2.45) is 0 Å². The van der Waals surface area contributed by atoms with Crippen molar-refractivity contribution in [3.05, 3.63) is 41.3 Å². The third-order valence-electron chi connectivity index (χ3n) is 1.88. The van der Waals surface area contributed by atoms with Crippen LogP contribution >= 0.6 is 11.6 Å². The molecule has 0 fully saturated rings. The fourth-order valence-electron chi connectivity index (χ4n) is 1.07. The Bertz CT molecular complexity index is 263. The van der Waals surface area contributed by atoms with Crippen LogP contribution in [0.25, 0.3) is 0 Å². The van der Waals surface area contributed by atoms with Gasteiger partial charge in [0.1, 0.15) is 0 Å². The quantitative estimate of drug-likeness (QED) is 0.691. The number of rotatable bonds is 1. The van der Waals surface area contributed by atoms with Crippen molar-refractivity contribution >= 4 is 11.6 Å². The molecular weight excluding hydrogens is 274 g/mol. The van der Waals surface area contributed by atoms with Gasteiger partial charge in [-0.2, -0.15) is 0 Å². The van der Waals surface area contributed by atoms with E-state index >= 15 is 0 Å². The topological polar surface area (TPSA) is 0 Å². The van der Waals surface area contributed by atoms with E-state index < -0.39 is 0 Å². The van der Waals surface area contributed by atoms with Gasteiger partial charge in [-0.25, -0.2) is 0 Å². The largest absolute Gasteiger partial charge is 0.116 e. The molecule has 0 heterocycles. The average molecular weight is 288 g/mol. The molecule has 75 valence electrons. The maximum atomic E-state index is 5.62. The monoisotopic (exact) mass is 287 g/mol. The molecule has 2 heteroatoms. The Labute approximate surface area is 99.3 Å². The van der Waals surface area contributed by atoms with Gasteiger partial charge in [-0.3, -0.25) is 0 Å². The second kappa shape index (κ2) is 5.15. The Morgan fingerprint density at radius 1 is 1.23 bits per heavy atom. The van der Waals surface area contributed by atoms with E-state index in [0.717, 1.165) is 5.56 Å². The molecule has 0 saturated heterocycles. The molecule has 0 N–H and O–H groups in total. The first-order chi connectivity index (χ1) is 5.54. The normalized spacial score (nSPS) is 10.8. The van der Waals surface area contributed by atoms with E-state index in [1.54, 1.807) is 5.88 Å². The molecule has 13 heavy (non-hydrogen) atoms. The van der Waals surface area contributed by atoms with Crippen molar-refractivity contribution < 1.29 is 20.4 Å². The first-order valence-electron chi connectivity index (χ1n) is 4.08. The fraction of sp³-hybridized carbons (Fsp3) is 0.364. The maximum absolute atomic E-state index is 5.62. The molecule has 1 rings (SSSR count). The SMILES string of the molecule is CC(C)(C)c1cccc([CH]Cl)c1.[Pd]. The van der Waals surface area contributed by atoms with Crippen molar-refractivity contribution in [3.63, 3.8) is 0 Å². The van der Waals surface area contributed by atoms with Crippen LogP contribution in [0.2, 0.25) is 0 Å². The fourth-order valence-corrected chi connectivity index (χ4v) is 1.21. The first kappa shape index (κ1) is 13.2. The smallest absolute Gasteiger partial charge is 0.0790 e. The van der Waals surface area contributed by atoms with Crippen LogP contribution < -0.4 is 0 Å². The zero-order valence-electron chi connectivity index (χ0n) is 8.08. The molecule has 0 aromatic heterocycles. The second-order valence-corrected chi connectivity index (χ2v) is 4.20. The first-order valence-corrected chi connectivity index (χ1v) is 4.51. The van der Waals surface area contributed by atoms with Crippen LogP contribution in [-0.2, 0) is 25.8 Å². The summed E-state index contributed by atoms with van der Waals surface area (Å²) >= 11 is 5.62. The zero-order valence-corrected chi connectivity index (χ0v) is 10.4. The third kappa shape index (κ3) is 3.81. The molecule has 1 aromatic carbocycles. The van der Waals surface area contributed by atoms with E-state index in [2.05, 4.69) is 32.9 Å². The minimum absolute atomic E-state index is 0. The minimum atomic E-state index is 0. The minimum Gasteiger partial charge on any atom is -0.116 e. The van der Waals surface area contributed by atoms with Gasteiger partial charge in [0, 0.05) is 20.4 Å². The predicted molar refractivity (Wildman–Crippen MR) is 54.4 cm³/mol. The van der Waals surface area contributed by atoms with Crippen molar-refractivity contribution in [1.29, 1.82) is 0 Å². The maximum Gasteiger partial charge on any atom is 0.0790 e. The van der Waals surface area contributed by atoms with Crippen LogP contribution in [-0.4, -0.2) is 0 Å². The van der Waals surface area contributed by atoms with Crippen molar-refractivity contribution in [1.82, 2.24) is 0 Å². The average Bonchev–Trinajstić information content (AvgIpc) is 2.03. The van der Waals surface area contributed by atoms with Crippen LogP contribution in [0, 0.1) is 5.88 Å². The summed E-state index contributed by atoms with van der Waals surface area (Å²) in [7, 11) is 0. The van der Waals surface area contributed by atoms with E-state index in [-0.39, 0.29) is 25.8 Å². The molecule has 0 nitrogen and oxygen atoms in total. The summed E-state index contributed by atoms with van der Waals surface area (Å²) in [6.07, 6.45) is 0. The zero-order chi connectivity index (χ0) is 9.19. The van der Waals surface area contributed by atoms with Crippen molar-refractivity contribution in [3.8, 4) is 0 Å². The number of halogens is 1. The van der Waals surface area contributed by atoms with E-state index in [4.69, 9.17) is 11.6 Å². The molecule has 0 atom stereocenters. The van der Waals surface area contributed by atoms with Crippen LogP contribution in [0.3, 0.4) is 0 Å². The molecule has 0 saturated carbocycles. The second-order valence-electron chi connectivity index (χ2n) is 3.98. The predicted octanol–water partition coefficient (Wildman–Crippen LogP) is 3.73. The molecule has 0 spiro atoms. The van der Waals surface area contributed by atoms with E-state index in [1.165, 1.54) is 5.56 Å². The van der Waals surface area contributed by atoms with Gasteiger partial charge in [-0.1, -0.05) is 45.0 Å². The molecule has 0 amide bonds. The van der Waals surface area contributed by atoms with Crippen LogP contribution in [0.1, 0.15) is 31.9 Å². The van der Waals surface area contributed by atoms with Gasteiger partial charge in [0.05, 0.1) is 5.88 Å². The Kier molecular flexibility index (Phi) is 5.22. The molecule has 1 aromatic rings. The number of hydrogen-bond acceptors (Lipinski definition) is 0. The van der Waals surface area contributed by atoms with E-state index in [1.807, 2.05) is 12.1 Å². The van der Waals surface area contributed by atoms with Gasteiger partial charge >= 0.3 is 0 Å². The standard InChI is InChI=1S/C11H14Cl.Pd/c1-11(2,3)10-6-4-5-9(7-10)8-12;/h4-8H,1-3H3;. The Morgan fingerprint density at radius 3 is 2.31 bits per heavy atom. The number of hydrogen-bond donors (Lipinski definition) is 0. The van der Waals surface area contributed by atoms with Gasteiger partial charge in [-0.15, -0.1) is 11.6 Å². The Balaban J connectivity index is 0.00000144. The molecule has 0 aliphatic carbocycles. The third-order valence-corrected chi connectivity index (χ3v) is 2.13. The van der Waals surface area contributed by atoms with Crippen molar-refractivity contribution in [2.75, 3.05) is 0 Å². The van der Waals surface area contributed by atoms with Crippen LogP contribution in [0.15, 0.2) is 24.3 Å². The summed E-state index contributed by atoms with van der Waals surface area (Å²) in [6, 6.07) is 8.29. The van der Waals surface area contributed by atoms with E-state index in [0.29, 0.717) is 0 Å². The Hall–Kier alpha value is 0.172. The Morgan fingerprint density at radius 2 is 1.85 bits per heavy atom. The summed E-state index contributed by atoms with van der Waals surface area (Å²) in [5.74, 6) is 1.61. The summed E-state index contributed by atoms with van der Waals surface area (Å²) < 4.78 is 0. The summed E-state index contributed by atoms with van der Waals surface area (Å²) in [5, 5.41) is 0. The van der Waals surface area contributed by atoms with Gasteiger partial charge in [0.25, 0.3) is 0 Å². The van der Waals surface area contributed by atoms with Gasteiger partial charge in [0.2, 0.25) is 0 Å². The molecule has 1 radical (unpaired) electrons. The van der Waals surface area contributed by atoms with Gasteiger partial charge in [-0.05, 0) is 16.5 Å². The van der Waals surface area contributed by atoms with Crippen molar-refractivity contribution in [2.45, 2.75) is 26.2 Å². The molecular formula is C11H14ClPd. The molecule has 0 bridgehead atoms.